The molecule has 0 unspecified atom stereocenters. The minimum atomic E-state index is 0. The van der Waals surface area contributed by atoms with Crippen LogP contribution >= 0.6 is 0 Å². The van der Waals surface area contributed by atoms with Crippen LogP contribution in [-0.2, 0) is 58.9 Å². The predicted molar refractivity (Wildman–Crippen MR) is 5.75 cm³/mol. The Balaban J connectivity index is 0. The van der Waals surface area contributed by atoms with Crippen LogP contribution in [0.4, 0.5) is 0 Å². The van der Waals surface area contributed by atoms with Crippen molar-refractivity contribution in [2.24, 2.45) is 0 Å². The molecule has 0 aliphatic heterocycles. The van der Waals surface area contributed by atoms with Crippen molar-refractivity contribution in [3.05, 3.63) is 0 Å². The van der Waals surface area contributed by atoms with Crippen molar-refractivity contribution in [3.8, 4) is 0 Å². The molecule has 4 heavy (non-hydrogen) atoms. The quantitative estimate of drug-likeness (QED) is 0.373. The number of rotatable bonds is 0. The van der Waals surface area contributed by atoms with Crippen LogP contribution in [0.25, 0.3) is 0 Å². The van der Waals surface area contributed by atoms with Gasteiger partial charge in [-0.3, -0.25) is 0 Å². The van der Waals surface area contributed by atoms with Gasteiger partial charge in [-0.1, -0.05) is 0 Å². The molecular weight excluding hydrogens is 533 g/mol. The maximum absolute atomic E-state index is 0. The second-order valence-corrected chi connectivity index (χ2v) is 0. The minimum Gasteiger partial charge on any atom is 0 e. The first kappa shape index (κ1) is 29.1. The van der Waals surface area contributed by atoms with Gasteiger partial charge in [0.25, 0.3) is 0 Å². The van der Waals surface area contributed by atoms with Crippen LogP contribution in [0.2, 0.25) is 0 Å². The van der Waals surface area contributed by atoms with Gasteiger partial charge in [0, 0.05) is 86.2 Å². The molecule has 0 aliphatic carbocycles. The molecule has 0 saturated heterocycles. The van der Waals surface area contributed by atoms with E-state index in [1.807, 2.05) is 0 Å². The fourth-order valence-corrected chi connectivity index (χ4v) is 0. The SMILES string of the molecule is [Au].[Cu].[Pb].[Zn]. The van der Waals surface area contributed by atoms with E-state index in [0.717, 1.165) is 0 Å². The molecule has 0 amide bonds. The molecule has 0 aromatic carbocycles. The van der Waals surface area contributed by atoms with Gasteiger partial charge in [-0.15, -0.1) is 0 Å². The van der Waals surface area contributed by atoms with Crippen molar-refractivity contribution >= 4 is 27.3 Å². The van der Waals surface area contributed by atoms with Crippen molar-refractivity contribution in [1.82, 2.24) is 0 Å². The summed E-state index contributed by atoms with van der Waals surface area (Å²) in [6.07, 6.45) is 0. The fraction of sp³-hybridized carbons (Fsp3) is 0. The molecule has 0 atom stereocenters. The predicted octanol–water partition coefficient (Wildman–Crippen LogP) is -0.388. The zero-order chi connectivity index (χ0) is 0. The third-order valence-electron chi connectivity index (χ3n) is 0. The molecule has 28 valence electrons. The third-order valence-corrected chi connectivity index (χ3v) is 0. The van der Waals surface area contributed by atoms with Gasteiger partial charge < -0.3 is 0 Å². The normalized spacial score (nSPS) is 0. The van der Waals surface area contributed by atoms with Gasteiger partial charge >= 0.3 is 0 Å². The molecule has 0 spiro atoms. The summed E-state index contributed by atoms with van der Waals surface area (Å²) < 4.78 is 0. The van der Waals surface area contributed by atoms with Crippen LogP contribution in [0.15, 0.2) is 0 Å². The van der Waals surface area contributed by atoms with E-state index in [9.17, 15) is 0 Å². The average molecular weight is 533 g/mol. The smallest absolute Gasteiger partial charge is 0 e. The topological polar surface area (TPSA) is 0 Å². The summed E-state index contributed by atoms with van der Waals surface area (Å²) >= 11 is 0. The minimum absolute atomic E-state index is 0. The van der Waals surface area contributed by atoms with Gasteiger partial charge in [-0.25, -0.2) is 0 Å². The molecule has 0 fully saturated rings. The molecule has 0 nitrogen and oxygen atoms in total. The molecular formula is AuCuPbZn. The third kappa shape index (κ3) is 8.84. The summed E-state index contributed by atoms with van der Waals surface area (Å²) in [4.78, 5) is 0. The summed E-state index contributed by atoms with van der Waals surface area (Å²) in [5, 5.41) is 0. The average Bonchev–Trinajstić information content (AvgIpc) is 0. The number of hydrogen-bond acceptors (Lipinski definition) is 0. The summed E-state index contributed by atoms with van der Waals surface area (Å²) in [5.41, 5.74) is 0. The van der Waals surface area contributed by atoms with Gasteiger partial charge in [0.15, 0.2) is 0 Å². The van der Waals surface area contributed by atoms with E-state index >= 15 is 0 Å². The van der Waals surface area contributed by atoms with Crippen molar-refractivity contribution < 1.29 is 58.9 Å². The Kier molecular flexibility index (Phi) is 124. The second kappa shape index (κ2) is 17.0. The molecule has 0 N–H and O–H groups in total. The van der Waals surface area contributed by atoms with Gasteiger partial charge in [-0.2, -0.15) is 0 Å². The van der Waals surface area contributed by atoms with E-state index in [2.05, 4.69) is 0 Å². The van der Waals surface area contributed by atoms with E-state index in [-0.39, 0.29) is 86.2 Å². The summed E-state index contributed by atoms with van der Waals surface area (Å²) in [5.74, 6) is 0. The van der Waals surface area contributed by atoms with E-state index < -0.39 is 0 Å². The van der Waals surface area contributed by atoms with Crippen LogP contribution in [0.3, 0.4) is 0 Å². The molecule has 0 bridgehead atoms. The van der Waals surface area contributed by atoms with E-state index in [1.165, 1.54) is 0 Å². The van der Waals surface area contributed by atoms with Crippen molar-refractivity contribution in [2.45, 2.75) is 0 Å². The van der Waals surface area contributed by atoms with Crippen LogP contribution in [0.5, 0.6) is 0 Å². The largest absolute Gasteiger partial charge is 0 e. The van der Waals surface area contributed by atoms with E-state index in [0.29, 0.717) is 0 Å². The van der Waals surface area contributed by atoms with Gasteiger partial charge in [0.05, 0.1) is 0 Å². The van der Waals surface area contributed by atoms with Gasteiger partial charge in [0.2, 0.25) is 0 Å². The first-order valence-electron chi connectivity index (χ1n) is 0. The van der Waals surface area contributed by atoms with E-state index in [1.54, 1.807) is 0 Å². The molecule has 4 heteroatoms. The fourth-order valence-electron chi connectivity index (χ4n) is 0. The first-order valence-corrected chi connectivity index (χ1v) is 0. The Morgan fingerprint density at radius 3 is 1.00 bits per heavy atom. The van der Waals surface area contributed by atoms with Gasteiger partial charge in [-0.05, 0) is 0 Å². The maximum atomic E-state index is 0. The summed E-state index contributed by atoms with van der Waals surface area (Å²) in [6, 6.07) is 0. The maximum Gasteiger partial charge on any atom is 0 e. The zero-order valence-electron chi connectivity index (χ0n) is 1.81. The standard InChI is InChI=1S/Au.Cu.Pb.Zn. The molecule has 0 aromatic heterocycles. The van der Waals surface area contributed by atoms with Crippen molar-refractivity contribution in [2.75, 3.05) is 0 Å². The zero-order valence-corrected chi connectivity index (χ0v) is 11.8. The Morgan fingerprint density at radius 1 is 1.00 bits per heavy atom. The second-order valence-electron chi connectivity index (χ2n) is 0. The van der Waals surface area contributed by atoms with Crippen LogP contribution in [0, 0.1) is 0 Å². The molecule has 6 radical (unpaired) electrons. The molecule has 0 aliphatic rings. The number of hydrogen-bond donors (Lipinski definition) is 0. The van der Waals surface area contributed by atoms with E-state index in [4.69, 9.17) is 0 Å². The van der Waals surface area contributed by atoms with Crippen LogP contribution < -0.4 is 0 Å². The van der Waals surface area contributed by atoms with Crippen molar-refractivity contribution in [1.29, 1.82) is 0 Å². The van der Waals surface area contributed by atoms with Crippen molar-refractivity contribution in [3.63, 3.8) is 0 Å². The Labute approximate surface area is 84.8 Å². The Hall–Kier alpha value is 2.81. The molecule has 0 saturated carbocycles. The Bertz CT molecular complexity index is 8.00. The first-order chi connectivity index (χ1) is 0. The monoisotopic (exact) mass is 532 g/mol. The summed E-state index contributed by atoms with van der Waals surface area (Å²) in [6.45, 7) is 0. The van der Waals surface area contributed by atoms with Gasteiger partial charge in [0.1, 0.15) is 0 Å². The van der Waals surface area contributed by atoms with Crippen LogP contribution in [0.1, 0.15) is 0 Å². The molecule has 0 heterocycles. The molecule has 0 rings (SSSR count). The summed E-state index contributed by atoms with van der Waals surface area (Å²) in [7, 11) is 0. The Morgan fingerprint density at radius 2 is 1.00 bits per heavy atom. The van der Waals surface area contributed by atoms with Crippen LogP contribution in [-0.4, -0.2) is 27.3 Å². The molecule has 0 aromatic rings.